The van der Waals surface area contributed by atoms with Gasteiger partial charge in [0, 0.05) is 21.2 Å². The lowest BCUT2D eigenvalue weighted by Crippen LogP contribution is -1.91. The van der Waals surface area contributed by atoms with Crippen LogP contribution in [0.4, 0.5) is 0 Å². The predicted octanol–water partition coefficient (Wildman–Crippen LogP) is 3.76. The highest BCUT2D eigenvalue weighted by Gasteiger charge is 2.03. The molecule has 3 heteroatoms. The van der Waals surface area contributed by atoms with Crippen LogP contribution in [0, 0.1) is 0 Å². The standard InChI is InChI=1S/C8H9IOS/c1-7(10-11-9)8-5-3-2-4-6-8/h2-7H,1H3. The van der Waals surface area contributed by atoms with Crippen molar-refractivity contribution in [2.45, 2.75) is 13.0 Å². The quantitative estimate of drug-likeness (QED) is 0.616. The van der Waals surface area contributed by atoms with Crippen molar-refractivity contribution >= 4 is 30.4 Å². The summed E-state index contributed by atoms with van der Waals surface area (Å²) in [6.45, 7) is 2.04. The Hall–Kier alpha value is 0.260. The van der Waals surface area contributed by atoms with Gasteiger partial charge in [-0.05, 0) is 12.5 Å². The molecule has 0 aromatic heterocycles. The van der Waals surface area contributed by atoms with Crippen LogP contribution in [0.15, 0.2) is 30.3 Å². The van der Waals surface area contributed by atoms with Crippen molar-refractivity contribution in [2.24, 2.45) is 0 Å². The summed E-state index contributed by atoms with van der Waals surface area (Å²) in [5, 5.41) is 0. The third-order valence-electron chi connectivity index (χ3n) is 1.45. The molecule has 60 valence electrons. The minimum Gasteiger partial charge on any atom is -0.298 e. The van der Waals surface area contributed by atoms with E-state index in [0.717, 1.165) is 0 Å². The number of benzene rings is 1. The van der Waals surface area contributed by atoms with E-state index in [1.54, 1.807) is 0 Å². The SMILES string of the molecule is CC(OSI)c1ccccc1. The van der Waals surface area contributed by atoms with Crippen LogP contribution in [0.5, 0.6) is 0 Å². The molecule has 1 aromatic rings. The molecule has 0 radical (unpaired) electrons. The van der Waals surface area contributed by atoms with Crippen LogP contribution in [-0.2, 0) is 4.18 Å². The molecule has 1 atom stereocenters. The van der Waals surface area contributed by atoms with Gasteiger partial charge in [0.2, 0.25) is 0 Å². The highest BCUT2D eigenvalue weighted by molar-refractivity contribution is 14.2. The monoisotopic (exact) mass is 280 g/mol. The molecule has 0 aliphatic rings. The number of hydrogen-bond donors (Lipinski definition) is 0. The van der Waals surface area contributed by atoms with Crippen molar-refractivity contribution in [3.8, 4) is 0 Å². The van der Waals surface area contributed by atoms with Crippen molar-refractivity contribution < 1.29 is 4.18 Å². The van der Waals surface area contributed by atoms with Crippen LogP contribution in [0.1, 0.15) is 18.6 Å². The van der Waals surface area contributed by atoms with Crippen LogP contribution in [-0.4, -0.2) is 0 Å². The number of hydrogen-bond acceptors (Lipinski definition) is 2. The minimum atomic E-state index is 0.179. The first-order valence-electron chi connectivity index (χ1n) is 3.33. The topological polar surface area (TPSA) is 9.23 Å². The lowest BCUT2D eigenvalue weighted by atomic mass is 10.1. The van der Waals surface area contributed by atoms with Gasteiger partial charge in [-0.2, -0.15) is 0 Å². The third-order valence-corrected chi connectivity index (χ3v) is 2.43. The van der Waals surface area contributed by atoms with E-state index >= 15 is 0 Å². The van der Waals surface area contributed by atoms with Gasteiger partial charge in [0.25, 0.3) is 0 Å². The Morgan fingerprint density at radius 2 is 2.00 bits per heavy atom. The van der Waals surface area contributed by atoms with Gasteiger partial charge < -0.3 is 0 Å². The fourth-order valence-electron chi connectivity index (χ4n) is 0.834. The second-order valence-electron chi connectivity index (χ2n) is 2.21. The van der Waals surface area contributed by atoms with Crippen LogP contribution in [0.3, 0.4) is 0 Å². The Labute approximate surface area is 83.3 Å². The van der Waals surface area contributed by atoms with Crippen LogP contribution < -0.4 is 0 Å². The van der Waals surface area contributed by atoms with Crippen molar-refractivity contribution in [3.63, 3.8) is 0 Å². The first-order chi connectivity index (χ1) is 5.34. The molecule has 0 fully saturated rings. The second kappa shape index (κ2) is 5.00. The van der Waals surface area contributed by atoms with E-state index in [1.165, 1.54) is 14.8 Å². The molecule has 0 bridgehead atoms. The van der Waals surface area contributed by atoms with Crippen molar-refractivity contribution in [2.75, 3.05) is 0 Å². The van der Waals surface area contributed by atoms with Gasteiger partial charge in [0.1, 0.15) is 0 Å². The lowest BCUT2D eigenvalue weighted by molar-refractivity contribution is 0.278. The number of rotatable bonds is 3. The zero-order valence-corrected chi connectivity index (χ0v) is 9.13. The first-order valence-corrected chi connectivity index (χ1v) is 6.62. The van der Waals surface area contributed by atoms with E-state index in [4.69, 9.17) is 4.18 Å². The van der Waals surface area contributed by atoms with E-state index in [0.29, 0.717) is 0 Å². The van der Waals surface area contributed by atoms with E-state index in [9.17, 15) is 0 Å². The van der Waals surface area contributed by atoms with Crippen LogP contribution in [0.25, 0.3) is 0 Å². The Morgan fingerprint density at radius 1 is 1.36 bits per heavy atom. The highest BCUT2D eigenvalue weighted by Crippen LogP contribution is 2.25. The van der Waals surface area contributed by atoms with Gasteiger partial charge in [-0.3, -0.25) is 4.18 Å². The molecule has 0 saturated carbocycles. The summed E-state index contributed by atoms with van der Waals surface area (Å²) in [5.41, 5.74) is 1.22. The molecule has 0 saturated heterocycles. The van der Waals surface area contributed by atoms with Crippen molar-refractivity contribution in [1.29, 1.82) is 0 Å². The highest BCUT2D eigenvalue weighted by atomic mass is 127. The van der Waals surface area contributed by atoms with E-state index in [2.05, 4.69) is 33.3 Å². The van der Waals surface area contributed by atoms with Gasteiger partial charge >= 0.3 is 0 Å². The fraction of sp³-hybridized carbons (Fsp3) is 0.250. The average Bonchev–Trinajstić information content (AvgIpc) is 2.07. The van der Waals surface area contributed by atoms with Crippen LogP contribution in [0.2, 0.25) is 0 Å². The predicted molar refractivity (Wildman–Crippen MR) is 57.6 cm³/mol. The summed E-state index contributed by atoms with van der Waals surface area (Å²) >= 11 is 2.12. The Morgan fingerprint density at radius 3 is 2.55 bits per heavy atom. The normalized spacial score (nSPS) is 12.9. The second-order valence-corrected chi connectivity index (χ2v) is 3.61. The smallest absolute Gasteiger partial charge is 0.0953 e. The zero-order chi connectivity index (χ0) is 8.10. The molecular weight excluding hydrogens is 271 g/mol. The Bertz CT molecular complexity index is 203. The Kier molecular flexibility index (Phi) is 4.25. The summed E-state index contributed by atoms with van der Waals surface area (Å²) in [6, 6.07) is 10.2. The molecule has 0 heterocycles. The molecular formula is C8H9IOS. The van der Waals surface area contributed by atoms with Gasteiger partial charge in [-0.15, -0.1) is 0 Å². The molecule has 1 nitrogen and oxygen atoms in total. The molecule has 0 aliphatic heterocycles. The summed E-state index contributed by atoms with van der Waals surface area (Å²) < 4.78 is 5.33. The van der Waals surface area contributed by atoms with Crippen molar-refractivity contribution in [1.82, 2.24) is 0 Å². The third kappa shape index (κ3) is 3.01. The molecule has 0 N–H and O–H groups in total. The largest absolute Gasteiger partial charge is 0.298 e. The molecule has 1 rings (SSSR count). The minimum absolute atomic E-state index is 0.179. The average molecular weight is 280 g/mol. The number of halogens is 1. The summed E-state index contributed by atoms with van der Waals surface area (Å²) in [7, 11) is 1.37. The molecule has 0 amide bonds. The van der Waals surface area contributed by atoms with Gasteiger partial charge in [0.05, 0.1) is 15.3 Å². The summed E-state index contributed by atoms with van der Waals surface area (Å²) in [6.07, 6.45) is 0.179. The van der Waals surface area contributed by atoms with E-state index in [-0.39, 0.29) is 6.10 Å². The molecule has 0 spiro atoms. The maximum Gasteiger partial charge on any atom is 0.0953 e. The first kappa shape index (κ1) is 9.35. The van der Waals surface area contributed by atoms with E-state index in [1.807, 2.05) is 25.1 Å². The maximum absolute atomic E-state index is 5.33. The van der Waals surface area contributed by atoms with Crippen molar-refractivity contribution in [3.05, 3.63) is 35.9 Å². The maximum atomic E-state index is 5.33. The fourth-order valence-corrected chi connectivity index (χ4v) is 1.99. The molecule has 1 unspecified atom stereocenters. The molecule has 11 heavy (non-hydrogen) atoms. The van der Waals surface area contributed by atoms with Gasteiger partial charge in [-0.25, -0.2) is 0 Å². The Balaban J connectivity index is 2.61. The van der Waals surface area contributed by atoms with Gasteiger partial charge in [0.15, 0.2) is 0 Å². The van der Waals surface area contributed by atoms with E-state index < -0.39 is 0 Å². The molecule has 0 aliphatic carbocycles. The molecule has 1 aromatic carbocycles. The van der Waals surface area contributed by atoms with Crippen LogP contribution >= 0.6 is 30.4 Å². The summed E-state index contributed by atoms with van der Waals surface area (Å²) in [5.74, 6) is 0. The zero-order valence-electron chi connectivity index (χ0n) is 6.16. The lowest BCUT2D eigenvalue weighted by Gasteiger charge is -2.08. The summed E-state index contributed by atoms with van der Waals surface area (Å²) in [4.78, 5) is 0. The van der Waals surface area contributed by atoms with Gasteiger partial charge in [-0.1, -0.05) is 30.3 Å².